The molecule has 1 N–H and O–H groups in total. The maximum absolute atomic E-state index is 13.1. The molecule has 1 fully saturated rings. The molecule has 1 saturated heterocycles. The highest BCUT2D eigenvalue weighted by molar-refractivity contribution is 7.10. The number of nitrogens with zero attached hydrogens (tertiary/aromatic N) is 1. The van der Waals surface area contributed by atoms with Crippen LogP contribution in [0.25, 0.3) is 5.76 Å². The molecule has 1 atom stereocenters. The summed E-state index contributed by atoms with van der Waals surface area (Å²) in [4.78, 5) is 28.5. The summed E-state index contributed by atoms with van der Waals surface area (Å²) in [7, 11) is 1.56. The Hall–Kier alpha value is -3.09. The van der Waals surface area contributed by atoms with Crippen LogP contribution < -0.4 is 4.74 Å². The minimum Gasteiger partial charge on any atom is -0.507 e. The van der Waals surface area contributed by atoms with Gasteiger partial charge in [0.25, 0.3) is 11.7 Å². The number of methoxy groups -OCH3 is 1. The van der Waals surface area contributed by atoms with E-state index in [1.165, 1.54) is 11.3 Å². The summed E-state index contributed by atoms with van der Waals surface area (Å²) in [6.45, 7) is 2.28. The zero-order valence-electron chi connectivity index (χ0n) is 17.7. The van der Waals surface area contributed by atoms with Crippen LogP contribution in [0.1, 0.15) is 27.6 Å². The number of benzene rings is 2. The molecule has 0 saturated carbocycles. The Morgan fingerprint density at radius 2 is 1.78 bits per heavy atom. The molecular formula is C25H22ClNO4S. The van der Waals surface area contributed by atoms with E-state index in [4.69, 9.17) is 16.3 Å². The Bertz CT molecular complexity index is 1180. The van der Waals surface area contributed by atoms with Crippen molar-refractivity contribution in [2.45, 2.75) is 19.4 Å². The van der Waals surface area contributed by atoms with Crippen molar-refractivity contribution in [3.63, 3.8) is 0 Å². The minimum absolute atomic E-state index is 0.113. The number of hydrogen-bond donors (Lipinski definition) is 1. The van der Waals surface area contributed by atoms with Gasteiger partial charge >= 0.3 is 0 Å². The number of ether oxygens (including phenoxy) is 1. The molecule has 7 heteroatoms. The van der Waals surface area contributed by atoms with Gasteiger partial charge in [-0.2, -0.15) is 0 Å². The lowest BCUT2D eigenvalue weighted by molar-refractivity contribution is -0.139. The molecule has 1 aliphatic rings. The number of carbonyl (C=O) groups is 2. The van der Waals surface area contributed by atoms with E-state index in [1.807, 2.05) is 30.5 Å². The molecule has 2 heterocycles. The fourth-order valence-corrected chi connectivity index (χ4v) is 5.03. The van der Waals surface area contributed by atoms with Gasteiger partial charge in [0.05, 0.1) is 18.7 Å². The standard InChI is InChI=1S/C25H22ClNO4S/c1-15-12-14-32-24(15)21-20(22(28)17-5-9-19(31-2)10-6-17)23(29)25(30)27(21)13-11-16-3-7-18(26)8-4-16/h3-10,12,14,21,28H,11,13H2,1-2H3/b22-20-. The first-order valence-electron chi connectivity index (χ1n) is 10.1. The van der Waals surface area contributed by atoms with Gasteiger partial charge in [-0.15, -0.1) is 11.3 Å². The van der Waals surface area contributed by atoms with Crippen molar-refractivity contribution in [1.29, 1.82) is 0 Å². The van der Waals surface area contributed by atoms with Crippen molar-refractivity contribution in [1.82, 2.24) is 4.90 Å². The highest BCUT2D eigenvalue weighted by Gasteiger charge is 2.46. The number of aliphatic hydroxyl groups is 1. The molecule has 3 aromatic rings. The Morgan fingerprint density at radius 1 is 1.09 bits per heavy atom. The van der Waals surface area contributed by atoms with E-state index in [0.717, 1.165) is 16.0 Å². The van der Waals surface area contributed by atoms with Crippen LogP contribution in [-0.4, -0.2) is 35.4 Å². The van der Waals surface area contributed by atoms with Crippen molar-refractivity contribution in [3.8, 4) is 5.75 Å². The average Bonchev–Trinajstić information content (AvgIpc) is 3.33. The van der Waals surface area contributed by atoms with Crippen molar-refractivity contribution >= 4 is 40.4 Å². The van der Waals surface area contributed by atoms with Crippen LogP contribution in [0.4, 0.5) is 0 Å². The van der Waals surface area contributed by atoms with Crippen molar-refractivity contribution in [2.24, 2.45) is 0 Å². The number of ketones is 1. The lowest BCUT2D eigenvalue weighted by atomic mass is 9.98. The number of thiophene rings is 1. The summed E-state index contributed by atoms with van der Waals surface area (Å²) in [5.41, 5.74) is 2.55. The van der Waals surface area contributed by atoms with Crippen LogP contribution in [0.15, 0.2) is 65.6 Å². The summed E-state index contributed by atoms with van der Waals surface area (Å²) in [6, 6.07) is 15.5. The monoisotopic (exact) mass is 467 g/mol. The number of rotatable bonds is 6. The van der Waals surface area contributed by atoms with Crippen LogP contribution in [0.3, 0.4) is 0 Å². The third kappa shape index (κ3) is 4.16. The summed E-state index contributed by atoms with van der Waals surface area (Å²) >= 11 is 7.44. The van der Waals surface area contributed by atoms with Gasteiger partial charge in [0, 0.05) is 22.0 Å². The van der Waals surface area contributed by atoms with E-state index in [2.05, 4.69) is 0 Å². The van der Waals surface area contributed by atoms with Gasteiger partial charge in [0.15, 0.2) is 0 Å². The van der Waals surface area contributed by atoms with E-state index in [1.54, 1.807) is 48.4 Å². The van der Waals surface area contributed by atoms with Gasteiger partial charge in [-0.3, -0.25) is 9.59 Å². The molecule has 0 radical (unpaired) electrons. The van der Waals surface area contributed by atoms with Gasteiger partial charge in [-0.25, -0.2) is 0 Å². The molecule has 2 aromatic carbocycles. The summed E-state index contributed by atoms with van der Waals surface area (Å²) in [5.74, 6) is -0.826. The highest BCUT2D eigenvalue weighted by atomic mass is 35.5. The Balaban J connectivity index is 1.74. The molecule has 1 aliphatic heterocycles. The number of aliphatic hydroxyl groups excluding tert-OH is 1. The lowest BCUT2D eigenvalue weighted by Gasteiger charge is -2.25. The zero-order chi connectivity index (χ0) is 22.8. The average molecular weight is 468 g/mol. The second-order valence-electron chi connectivity index (χ2n) is 7.57. The maximum Gasteiger partial charge on any atom is 0.295 e. The first kappa shape index (κ1) is 22.1. The lowest BCUT2D eigenvalue weighted by Crippen LogP contribution is -2.31. The second kappa shape index (κ2) is 9.18. The van der Waals surface area contributed by atoms with E-state index in [0.29, 0.717) is 29.3 Å². The Labute approximate surface area is 195 Å². The number of likely N-dealkylation sites (tertiary alicyclic amines) is 1. The predicted octanol–water partition coefficient (Wildman–Crippen LogP) is 5.38. The highest BCUT2D eigenvalue weighted by Crippen LogP contribution is 2.42. The summed E-state index contributed by atoms with van der Waals surface area (Å²) < 4.78 is 5.17. The van der Waals surface area contributed by atoms with Gasteiger partial charge in [0.2, 0.25) is 0 Å². The molecule has 0 bridgehead atoms. The number of aryl methyl sites for hydroxylation is 1. The third-order valence-corrected chi connectivity index (χ3v) is 6.93. The SMILES string of the molecule is COc1ccc(/C(O)=C2/C(=O)C(=O)N(CCc3ccc(Cl)cc3)C2c2sccc2C)cc1. The van der Waals surface area contributed by atoms with Crippen molar-refractivity contribution in [3.05, 3.63) is 92.1 Å². The first-order valence-corrected chi connectivity index (χ1v) is 11.4. The second-order valence-corrected chi connectivity index (χ2v) is 8.95. The normalized spacial score (nSPS) is 17.7. The molecule has 1 aromatic heterocycles. The van der Waals surface area contributed by atoms with E-state index in [9.17, 15) is 14.7 Å². The fraction of sp³-hybridized carbons (Fsp3) is 0.200. The Morgan fingerprint density at radius 3 is 2.38 bits per heavy atom. The van der Waals surface area contributed by atoms with Gasteiger partial charge in [-0.05, 0) is 72.3 Å². The molecule has 1 amide bonds. The largest absolute Gasteiger partial charge is 0.507 e. The van der Waals surface area contributed by atoms with E-state index in [-0.39, 0.29) is 11.3 Å². The third-order valence-electron chi connectivity index (χ3n) is 5.61. The number of carbonyl (C=O) groups excluding carboxylic acids is 2. The van der Waals surface area contributed by atoms with Crippen LogP contribution in [0, 0.1) is 6.92 Å². The quantitative estimate of drug-likeness (QED) is 0.300. The molecule has 4 rings (SSSR count). The molecule has 0 aliphatic carbocycles. The van der Waals surface area contributed by atoms with Crippen LogP contribution in [-0.2, 0) is 16.0 Å². The van der Waals surface area contributed by atoms with Crippen molar-refractivity contribution < 1.29 is 19.4 Å². The number of Topliss-reactive ketones (excluding diaryl/α,β-unsaturated/α-hetero) is 1. The minimum atomic E-state index is -0.674. The fourth-order valence-electron chi connectivity index (χ4n) is 3.85. The van der Waals surface area contributed by atoms with Crippen molar-refractivity contribution in [2.75, 3.05) is 13.7 Å². The zero-order valence-corrected chi connectivity index (χ0v) is 19.2. The van der Waals surface area contributed by atoms with Gasteiger partial charge in [0.1, 0.15) is 11.5 Å². The molecule has 5 nitrogen and oxygen atoms in total. The molecule has 32 heavy (non-hydrogen) atoms. The molecule has 0 spiro atoms. The first-order chi connectivity index (χ1) is 15.4. The van der Waals surface area contributed by atoms with E-state index >= 15 is 0 Å². The molecular weight excluding hydrogens is 446 g/mol. The molecule has 1 unspecified atom stereocenters. The van der Waals surface area contributed by atoms with Crippen LogP contribution >= 0.6 is 22.9 Å². The van der Waals surface area contributed by atoms with Gasteiger partial charge in [-0.1, -0.05) is 23.7 Å². The maximum atomic E-state index is 13.1. The number of halogens is 1. The predicted molar refractivity (Wildman–Crippen MR) is 126 cm³/mol. The van der Waals surface area contributed by atoms with E-state index < -0.39 is 17.7 Å². The Kier molecular flexibility index (Phi) is 6.35. The van der Waals surface area contributed by atoms with Crippen LogP contribution in [0.5, 0.6) is 5.75 Å². The topological polar surface area (TPSA) is 66.8 Å². The summed E-state index contributed by atoms with van der Waals surface area (Å²) in [6.07, 6.45) is 0.563. The number of amides is 1. The van der Waals surface area contributed by atoms with Gasteiger partial charge < -0.3 is 14.7 Å². The summed E-state index contributed by atoms with van der Waals surface area (Å²) in [5, 5.41) is 13.7. The van der Waals surface area contributed by atoms with Crippen LogP contribution in [0.2, 0.25) is 5.02 Å². The smallest absolute Gasteiger partial charge is 0.295 e. The molecule has 164 valence electrons. The number of hydrogen-bond acceptors (Lipinski definition) is 5.